The standard InChI is InChI=1S/C4H6F2/c1-2-3-4(5)6/h2-4H,1H3/b3-2-. The molecule has 0 nitrogen and oxygen atoms in total. The van der Waals surface area contributed by atoms with Gasteiger partial charge in [0, 0.05) is 0 Å². The molecule has 0 spiro atoms. The molecule has 0 unspecified atom stereocenters. The van der Waals surface area contributed by atoms with Crippen LogP contribution in [0.15, 0.2) is 12.2 Å². The molecule has 0 aromatic carbocycles. The minimum Gasteiger partial charge on any atom is -0.206 e. The molecule has 0 aromatic rings. The second-order valence-electron chi connectivity index (χ2n) is 0.860. The van der Waals surface area contributed by atoms with Gasteiger partial charge in [-0.15, -0.1) is 0 Å². The first-order chi connectivity index (χ1) is 2.77. The van der Waals surface area contributed by atoms with Crippen molar-refractivity contribution in [3.8, 4) is 0 Å². The second-order valence-corrected chi connectivity index (χ2v) is 0.860. The minimum atomic E-state index is -2.28. The molecule has 0 N–H and O–H groups in total. The predicted octanol–water partition coefficient (Wildman–Crippen LogP) is 1.83. The molecule has 0 fully saturated rings. The zero-order valence-electron chi connectivity index (χ0n) is 3.49. The molecular weight excluding hydrogens is 86.0 g/mol. The molecule has 0 atom stereocenters. The van der Waals surface area contributed by atoms with Crippen LogP contribution in [-0.2, 0) is 0 Å². The summed E-state index contributed by atoms with van der Waals surface area (Å²) in [5.74, 6) is 0. The fraction of sp³-hybridized carbons (Fsp3) is 0.500. The van der Waals surface area contributed by atoms with Crippen molar-refractivity contribution in [2.24, 2.45) is 0 Å². The molecule has 0 heterocycles. The highest BCUT2D eigenvalue weighted by molar-refractivity contribution is 4.78. The molecule has 0 amide bonds. The first kappa shape index (κ1) is 5.60. The van der Waals surface area contributed by atoms with Gasteiger partial charge in [-0.05, 0) is 13.0 Å². The van der Waals surface area contributed by atoms with Crippen LogP contribution in [0.25, 0.3) is 0 Å². The molecular formula is C4H6F2. The van der Waals surface area contributed by atoms with Crippen molar-refractivity contribution >= 4 is 0 Å². The zero-order valence-corrected chi connectivity index (χ0v) is 3.49. The monoisotopic (exact) mass is 92.0 g/mol. The van der Waals surface area contributed by atoms with E-state index in [0.29, 0.717) is 0 Å². The number of halogens is 2. The van der Waals surface area contributed by atoms with Gasteiger partial charge in [0.2, 0.25) is 0 Å². The van der Waals surface area contributed by atoms with E-state index in [0.717, 1.165) is 6.08 Å². The summed E-state index contributed by atoms with van der Waals surface area (Å²) in [6, 6.07) is 0. The molecule has 0 aliphatic rings. The lowest BCUT2D eigenvalue weighted by Crippen LogP contribution is -1.76. The molecule has 0 bridgehead atoms. The van der Waals surface area contributed by atoms with E-state index in [-0.39, 0.29) is 0 Å². The Morgan fingerprint density at radius 3 is 2.00 bits per heavy atom. The largest absolute Gasteiger partial charge is 0.257 e. The second kappa shape index (κ2) is 2.82. The summed E-state index contributed by atoms with van der Waals surface area (Å²) < 4.78 is 21.9. The van der Waals surface area contributed by atoms with Gasteiger partial charge in [0.05, 0.1) is 0 Å². The lowest BCUT2D eigenvalue weighted by atomic mass is 10.6. The molecule has 0 rings (SSSR count). The van der Waals surface area contributed by atoms with Crippen molar-refractivity contribution in [1.82, 2.24) is 0 Å². The van der Waals surface area contributed by atoms with Gasteiger partial charge in [-0.25, -0.2) is 8.78 Å². The summed E-state index contributed by atoms with van der Waals surface area (Å²) in [5, 5.41) is 0. The Morgan fingerprint density at radius 2 is 2.00 bits per heavy atom. The number of allylic oxidation sites excluding steroid dienone is 2. The van der Waals surface area contributed by atoms with E-state index in [4.69, 9.17) is 0 Å². The lowest BCUT2D eigenvalue weighted by Gasteiger charge is -1.78. The van der Waals surface area contributed by atoms with Gasteiger partial charge in [-0.3, -0.25) is 0 Å². The van der Waals surface area contributed by atoms with Gasteiger partial charge in [0.25, 0.3) is 6.43 Å². The van der Waals surface area contributed by atoms with Crippen LogP contribution in [0.3, 0.4) is 0 Å². The van der Waals surface area contributed by atoms with Crippen LogP contribution in [-0.4, -0.2) is 6.43 Å². The molecule has 0 aliphatic carbocycles. The SMILES string of the molecule is C/C=C\C(F)F. The predicted molar refractivity (Wildman–Crippen MR) is 20.8 cm³/mol. The molecule has 6 heavy (non-hydrogen) atoms. The zero-order chi connectivity index (χ0) is 4.99. The van der Waals surface area contributed by atoms with E-state index < -0.39 is 6.43 Å². The fourth-order valence-corrected chi connectivity index (χ4v) is 0.145. The van der Waals surface area contributed by atoms with Crippen molar-refractivity contribution in [1.29, 1.82) is 0 Å². The number of hydrogen-bond donors (Lipinski definition) is 0. The Hall–Kier alpha value is -0.400. The Balaban J connectivity index is 3.03. The lowest BCUT2D eigenvalue weighted by molar-refractivity contribution is 0.204. The van der Waals surface area contributed by atoms with Crippen molar-refractivity contribution in [2.45, 2.75) is 13.3 Å². The summed E-state index contributed by atoms with van der Waals surface area (Å²) in [4.78, 5) is 0. The van der Waals surface area contributed by atoms with Gasteiger partial charge in [-0.1, -0.05) is 6.08 Å². The van der Waals surface area contributed by atoms with E-state index in [2.05, 4.69) is 0 Å². The molecule has 0 aromatic heterocycles. The summed E-state index contributed by atoms with van der Waals surface area (Å²) in [7, 11) is 0. The average Bonchev–Trinajstić information content (AvgIpc) is 1.35. The maximum absolute atomic E-state index is 10.9. The molecule has 36 valence electrons. The topological polar surface area (TPSA) is 0 Å². The third-order valence-corrected chi connectivity index (χ3v) is 0.338. The van der Waals surface area contributed by atoms with Crippen molar-refractivity contribution in [3.63, 3.8) is 0 Å². The van der Waals surface area contributed by atoms with Crippen molar-refractivity contribution in [2.75, 3.05) is 0 Å². The maximum atomic E-state index is 10.9. The highest BCUT2D eigenvalue weighted by Crippen LogP contribution is 1.90. The Labute approximate surface area is 35.5 Å². The summed E-state index contributed by atoms with van der Waals surface area (Å²) >= 11 is 0. The fourth-order valence-electron chi connectivity index (χ4n) is 0.145. The smallest absolute Gasteiger partial charge is 0.206 e. The van der Waals surface area contributed by atoms with Crippen LogP contribution in [0.2, 0.25) is 0 Å². The van der Waals surface area contributed by atoms with Crippen molar-refractivity contribution in [3.05, 3.63) is 12.2 Å². The number of alkyl halides is 2. The van der Waals surface area contributed by atoms with Crippen LogP contribution in [0.5, 0.6) is 0 Å². The molecule has 0 saturated carbocycles. The van der Waals surface area contributed by atoms with Gasteiger partial charge in [0.15, 0.2) is 0 Å². The normalized spacial score (nSPS) is 11.3. The molecule has 0 saturated heterocycles. The summed E-state index contributed by atoms with van der Waals surface area (Å²) in [6.07, 6.45) is -0.125. The molecule has 0 radical (unpaired) electrons. The third-order valence-electron chi connectivity index (χ3n) is 0.338. The van der Waals surface area contributed by atoms with Crippen LogP contribution >= 0.6 is 0 Å². The Kier molecular flexibility index (Phi) is 2.63. The first-order valence-corrected chi connectivity index (χ1v) is 1.68. The van der Waals surface area contributed by atoms with Crippen LogP contribution in [0, 0.1) is 0 Å². The number of rotatable bonds is 1. The molecule has 0 aliphatic heterocycles. The van der Waals surface area contributed by atoms with Gasteiger partial charge in [-0.2, -0.15) is 0 Å². The first-order valence-electron chi connectivity index (χ1n) is 1.68. The highest BCUT2D eigenvalue weighted by atomic mass is 19.3. The van der Waals surface area contributed by atoms with Gasteiger partial charge >= 0.3 is 0 Å². The Morgan fingerprint density at radius 1 is 1.50 bits per heavy atom. The van der Waals surface area contributed by atoms with Gasteiger partial charge < -0.3 is 0 Å². The summed E-state index contributed by atoms with van der Waals surface area (Å²) in [6.45, 7) is 1.56. The van der Waals surface area contributed by atoms with E-state index >= 15 is 0 Å². The average molecular weight is 92.1 g/mol. The summed E-state index contributed by atoms with van der Waals surface area (Å²) in [5.41, 5.74) is 0. The van der Waals surface area contributed by atoms with Gasteiger partial charge in [0.1, 0.15) is 0 Å². The van der Waals surface area contributed by atoms with Crippen molar-refractivity contribution < 1.29 is 8.78 Å². The van der Waals surface area contributed by atoms with E-state index in [1.807, 2.05) is 0 Å². The van der Waals surface area contributed by atoms with E-state index in [1.54, 1.807) is 6.92 Å². The van der Waals surface area contributed by atoms with E-state index in [1.165, 1.54) is 6.08 Å². The minimum absolute atomic E-state index is 0.833. The Bertz CT molecular complexity index is 47.5. The van der Waals surface area contributed by atoms with Crippen LogP contribution in [0.4, 0.5) is 8.78 Å². The van der Waals surface area contributed by atoms with Crippen LogP contribution in [0.1, 0.15) is 6.92 Å². The molecule has 2 heteroatoms. The van der Waals surface area contributed by atoms with Crippen LogP contribution < -0.4 is 0 Å². The quantitative estimate of drug-likeness (QED) is 0.433. The third kappa shape index (κ3) is 3.60. The van der Waals surface area contributed by atoms with E-state index in [9.17, 15) is 8.78 Å². The maximum Gasteiger partial charge on any atom is 0.257 e. The highest BCUT2D eigenvalue weighted by Gasteiger charge is 1.87. The number of hydrogen-bond acceptors (Lipinski definition) is 0.